The van der Waals surface area contributed by atoms with Crippen molar-refractivity contribution in [2.75, 3.05) is 26.6 Å². The van der Waals surface area contributed by atoms with Crippen molar-refractivity contribution in [2.45, 2.75) is 6.54 Å². The molecule has 6 nitrogen and oxygen atoms in total. The normalized spacial score (nSPS) is 10.0. The van der Waals surface area contributed by atoms with E-state index in [0.29, 0.717) is 17.2 Å². The highest BCUT2D eigenvalue weighted by atomic mass is 19.1. The number of para-hydroxylation sites is 1. The van der Waals surface area contributed by atoms with E-state index in [1.807, 2.05) is 6.07 Å². The predicted molar refractivity (Wildman–Crippen MR) is 88.4 cm³/mol. The second-order valence-corrected chi connectivity index (χ2v) is 4.80. The van der Waals surface area contributed by atoms with Gasteiger partial charge in [0.05, 0.1) is 27.0 Å². The molecule has 2 rings (SSSR count). The maximum absolute atomic E-state index is 13.2. The molecule has 0 fully saturated rings. The van der Waals surface area contributed by atoms with Crippen molar-refractivity contribution in [2.24, 2.45) is 0 Å². The standard InChI is InChI=1S/C17H19FN2O4/c1-22-14-6-4-5-11(16(14)24-3)10-19-17(21)20-13-8-7-12(18)9-15(13)23-2/h4-9H,10H2,1-3H3,(H2,19,20,21). The van der Waals surface area contributed by atoms with E-state index >= 15 is 0 Å². The van der Waals surface area contributed by atoms with Gasteiger partial charge in [0.25, 0.3) is 0 Å². The third-order valence-electron chi connectivity index (χ3n) is 3.34. The maximum Gasteiger partial charge on any atom is 0.319 e. The summed E-state index contributed by atoms with van der Waals surface area (Å²) in [6.45, 7) is 0.232. The number of amides is 2. The van der Waals surface area contributed by atoms with E-state index in [2.05, 4.69) is 10.6 Å². The highest BCUT2D eigenvalue weighted by molar-refractivity contribution is 5.90. The molecule has 0 aliphatic rings. The number of halogens is 1. The first-order valence-electron chi connectivity index (χ1n) is 7.17. The number of ether oxygens (including phenoxy) is 3. The van der Waals surface area contributed by atoms with E-state index in [1.54, 1.807) is 19.2 Å². The second kappa shape index (κ2) is 8.05. The van der Waals surface area contributed by atoms with Crippen molar-refractivity contribution in [3.05, 3.63) is 47.8 Å². The van der Waals surface area contributed by atoms with Crippen molar-refractivity contribution in [1.29, 1.82) is 0 Å². The Hall–Kier alpha value is -2.96. The minimum absolute atomic E-state index is 0.232. The molecule has 2 aromatic carbocycles. The van der Waals surface area contributed by atoms with E-state index in [0.717, 1.165) is 5.56 Å². The number of urea groups is 1. The summed E-state index contributed by atoms with van der Waals surface area (Å²) in [5, 5.41) is 5.32. The minimum Gasteiger partial charge on any atom is -0.494 e. The Balaban J connectivity index is 2.04. The summed E-state index contributed by atoms with van der Waals surface area (Å²) in [6, 6.07) is 8.80. The van der Waals surface area contributed by atoms with Crippen LogP contribution in [0.5, 0.6) is 17.2 Å². The van der Waals surface area contributed by atoms with Crippen LogP contribution in [-0.4, -0.2) is 27.4 Å². The van der Waals surface area contributed by atoms with Crippen molar-refractivity contribution < 1.29 is 23.4 Å². The fraction of sp³-hybridized carbons (Fsp3) is 0.235. The Bertz CT molecular complexity index is 722. The molecule has 128 valence electrons. The summed E-state index contributed by atoms with van der Waals surface area (Å²) < 4.78 is 28.7. The third-order valence-corrected chi connectivity index (χ3v) is 3.34. The number of hydrogen-bond acceptors (Lipinski definition) is 4. The fourth-order valence-corrected chi connectivity index (χ4v) is 2.20. The number of carbonyl (C=O) groups excluding carboxylic acids is 1. The van der Waals surface area contributed by atoms with E-state index < -0.39 is 11.8 Å². The molecular formula is C17H19FN2O4. The van der Waals surface area contributed by atoms with Crippen LogP contribution in [0.3, 0.4) is 0 Å². The molecule has 0 spiro atoms. The number of rotatable bonds is 6. The van der Waals surface area contributed by atoms with E-state index in [1.165, 1.54) is 32.4 Å². The zero-order chi connectivity index (χ0) is 17.5. The van der Waals surface area contributed by atoms with Crippen LogP contribution in [0.4, 0.5) is 14.9 Å². The van der Waals surface area contributed by atoms with Crippen molar-refractivity contribution in [3.63, 3.8) is 0 Å². The average Bonchev–Trinajstić information content (AvgIpc) is 2.60. The summed E-state index contributed by atoms with van der Waals surface area (Å²) in [7, 11) is 4.48. The molecular weight excluding hydrogens is 315 g/mol. The molecule has 0 radical (unpaired) electrons. The summed E-state index contributed by atoms with van der Waals surface area (Å²) in [5.41, 5.74) is 1.13. The van der Waals surface area contributed by atoms with Gasteiger partial charge in [0.15, 0.2) is 11.5 Å². The Morgan fingerprint density at radius 3 is 2.46 bits per heavy atom. The SMILES string of the molecule is COc1cc(F)ccc1NC(=O)NCc1cccc(OC)c1OC. The smallest absolute Gasteiger partial charge is 0.319 e. The van der Waals surface area contributed by atoms with Gasteiger partial charge in [-0.2, -0.15) is 0 Å². The zero-order valence-electron chi connectivity index (χ0n) is 13.7. The molecule has 0 unspecified atom stereocenters. The first-order chi connectivity index (χ1) is 11.6. The molecule has 2 N–H and O–H groups in total. The van der Waals surface area contributed by atoms with Gasteiger partial charge in [-0.25, -0.2) is 9.18 Å². The van der Waals surface area contributed by atoms with Gasteiger partial charge in [-0.1, -0.05) is 12.1 Å². The van der Waals surface area contributed by atoms with Crippen LogP contribution >= 0.6 is 0 Å². The zero-order valence-corrected chi connectivity index (χ0v) is 13.7. The summed E-state index contributed by atoms with van der Waals surface area (Å²) in [6.07, 6.45) is 0. The van der Waals surface area contributed by atoms with Crippen LogP contribution in [-0.2, 0) is 6.54 Å². The van der Waals surface area contributed by atoms with Gasteiger partial charge in [-0.05, 0) is 18.2 Å². The van der Waals surface area contributed by atoms with Crippen molar-refractivity contribution in [3.8, 4) is 17.2 Å². The number of benzene rings is 2. The first kappa shape index (κ1) is 17.4. The molecule has 2 amide bonds. The molecule has 0 aliphatic heterocycles. The van der Waals surface area contributed by atoms with E-state index in [-0.39, 0.29) is 12.3 Å². The lowest BCUT2D eigenvalue weighted by Gasteiger charge is -2.14. The molecule has 7 heteroatoms. The van der Waals surface area contributed by atoms with Crippen LogP contribution in [0.15, 0.2) is 36.4 Å². The summed E-state index contributed by atoms with van der Waals surface area (Å²) >= 11 is 0. The fourth-order valence-electron chi connectivity index (χ4n) is 2.20. The van der Waals surface area contributed by atoms with Gasteiger partial charge < -0.3 is 24.8 Å². The van der Waals surface area contributed by atoms with Crippen LogP contribution in [0.1, 0.15) is 5.56 Å². The Morgan fingerprint density at radius 2 is 1.79 bits per heavy atom. The number of hydrogen-bond donors (Lipinski definition) is 2. The Labute approximate surface area is 139 Å². The predicted octanol–water partition coefficient (Wildman–Crippen LogP) is 3.17. The molecule has 0 heterocycles. The maximum atomic E-state index is 13.2. The third kappa shape index (κ3) is 4.07. The van der Waals surface area contributed by atoms with Gasteiger partial charge in [-0.3, -0.25) is 0 Å². The lowest BCUT2D eigenvalue weighted by atomic mass is 10.2. The second-order valence-electron chi connectivity index (χ2n) is 4.80. The number of methoxy groups -OCH3 is 3. The minimum atomic E-state index is -0.454. The van der Waals surface area contributed by atoms with Crippen molar-refractivity contribution in [1.82, 2.24) is 5.32 Å². The van der Waals surface area contributed by atoms with Gasteiger partial charge in [0.2, 0.25) is 0 Å². The average molecular weight is 334 g/mol. The first-order valence-corrected chi connectivity index (χ1v) is 7.17. The van der Waals surface area contributed by atoms with Crippen LogP contribution in [0, 0.1) is 5.82 Å². The molecule has 0 atom stereocenters. The highest BCUT2D eigenvalue weighted by Gasteiger charge is 2.12. The lowest BCUT2D eigenvalue weighted by molar-refractivity contribution is 0.251. The topological polar surface area (TPSA) is 68.8 Å². The van der Waals surface area contributed by atoms with E-state index in [9.17, 15) is 9.18 Å². The molecule has 0 saturated heterocycles. The van der Waals surface area contributed by atoms with Crippen LogP contribution in [0.25, 0.3) is 0 Å². The molecule has 0 bridgehead atoms. The Morgan fingerprint density at radius 1 is 1.04 bits per heavy atom. The van der Waals surface area contributed by atoms with E-state index in [4.69, 9.17) is 14.2 Å². The van der Waals surface area contributed by atoms with Gasteiger partial charge in [0.1, 0.15) is 11.6 Å². The largest absolute Gasteiger partial charge is 0.494 e. The number of anilines is 1. The monoisotopic (exact) mass is 334 g/mol. The molecule has 24 heavy (non-hydrogen) atoms. The lowest BCUT2D eigenvalue weighted by Crippen LogP contribution is -2.28. The van der Waals surface area contributed by atoms with Gasteiger partial charge in [0, 0.05) is 18.2 Å². The highest BCUT2D eigenvalue weighted by Crippen LogP contribution is 2.30. The van der Waals surface area contributed by atoms with Gasteiger partial charge in [-0.15, -0.1) is 0 Å². The van der Waals surface area contributed by atoms with Gasteiger partial charge >= 0.3 is 6.03 Å². The number of carbonyl (C=O) groups is 1. The summed E-state index contributed by atoms with van der Waals surface area (Å²) in [5.74, 6) is 0.931. The Kier molecular flexibility index (Phi) is 5.83. The van der Waals surface area contributed by atoms with Crippen LogP contribution in [0.2, 0.25) is 0 Å². The molecule has 0 aliphatic carbocycles. The molecule has 2 aromatic rings. The van der Waals surface area contributed by atoms with Crippen LogP contribution < -0.4 is 24.8 Å². The number of nitrogens with one attached hydrogen (secondary N) is 2. The van der Waals surface area contributed by atoms with Crippen molar-refractivity contribution >= 4 is 11.7 Å². The summed E-state index contributed by atoms with van der Waals surface area (Å²) in [4.78, 5) is 12.0. The molecule has 0 saturated carbocycles. The molecule has 0 aromatic heterocycles. The quantitative estimate of drug-likeness (QED) is 0.851.